The molecule has 1 aliphatic rings. The van der Waals surface area contributed by atoms with Crippen LogP contribution in [0.4, 0.5) is 13.2 Å². The van der Waals surface area contributed by atoms with Crippen molar-refractivity contribution in [3.63, 3.8) is 0 Å². The van der Waals surface area contributed by atoms with E-state index in [1.54, 1.807) is 13.0 Å². The molecule has 0 amide bonds. The summed E-state index contributed by atoms with van der Waals surface area (Å²) >= 11 is 6.43. The van der Waals surface area contributed by atoms with Crippen molar-refractivity contribution in [3.8, 4) is 16.9 Å². The van der Waals surface area contributed by atoms with E-state index in [1.807, 2.05) is 31.2 Å². The van der Waals surface area contributed by atoms with E-state index in [9.17, 15) is 18.0 Å². The summed E-state index contributed by atoms with van der Waals surface area (Å²) in [6, 6.07) is 10.7. The summed E-state index contributed by atoms with van der Waals surface area (Å²) in [5, 5.41) is 0.0835. The van der Waals surface area contributed by atoms with Gasteiger partial charge in [0.15, 0.2) is 6.61 Å². The molecule has 0 unspecified atom stereocenters. The van der Waals surface area contributed by atoms with E-state index in [0.29, 0.717) is 24.0 Å². The second-order valence-electron chi connectivity index (χ2n) is 7.26. The lowest BCUT2D eigenvalue weighted by Gasteiger charge is -2.40. The number of benzene rings is 2. The Bertz CT molecular complexity index is 887. The Hall–Kier alpha value is -2.21. The number of ether oxygens (including phenoxy) is 2. The largest absolute Gasteiger partial charge is 0.483 e. The van der Waals surface area contributed by atoms with Crippen LogP contribution in [0.25, 0.3) is 11.1 Å². The van der Waals surface area contributed by atoms with Crippen molar-refractivity contribution >= 4 is 17.6 Å². The van der Waals surface area contributed by atoms with Crippen molar-refractivity contribution in [1.82, 2.24) is 0 Å². The Morgan fingerprint density at radius 1 is 1.17 bits per heavy atom. The maximum atomic E-state index is 12.7. The van der Waals surface area contributed by atoms with Gasteiger partial charge in [0.1, 0.15) is 5.75 Å². The lowest BCUT2D eigenvalue weighted by Crippen LogP contribution is -2.43. The van der Waals surface area contributed by atoms with Crippen LogP contribution in [0.2, 0.25) is 5.02 Å². The van der Waals surface area contributed by atoms with Gasteiger partial charge in [-0.1, -0.05) is 47.9 Å². The molecule has 0 bridgehead atoms. The number of hydrogen-bond acceptors (Lipinski definition) is 3. The molecule has 0 aromatic heterocycles. The van der Waals surface area contributed by atoms with E-state index >= 15 is 0 Å². The van der Waals surface area contributed by atoms with Crippen LogP contribution in [0.1, 0.15) is 37.3 Å². The van der Waals surface area contributed by atoms with Gasteiger partial charge in [0.25, 0.3) is 0 Å². The van der Waals surface area contributed by atoms with E-state index in [2.05, 4.69) is 0 Å². The van der Waals surface area contributed by atoms with E-state index < -0.39 is 18.2 Å². The topological polar surface area (TPSA) is 35.5 Å². The molecule has 0 spiro atoms. The number of halogens is 4. The molecular weight excluding hydrogens is 405 g/mol. The number of aryl methyl sites for hydroxylation is 1. The Morgan fingerprint density at radius 2 is 1.83 bits per heavy atom. The number of hydrogen-bond donors (Lipinski definition) is 0. The number of carbonyl (C=O) groups is 1. The van der Waals surface area contributed by atoms with Gasteiger partial charge in [-0.15, -0.1) is 0 Å². The minimum atomic E-state index is -4.50. The monoisotopic (exact) mass is 426 g/mol. The third-order valence-corrected chi connectivity index (χ3v) is 5.61. The normalized spacial score (nSPS) is 15.5. The summed E-state index contributed by atoms with van der Waals surface area (Å²) in [6.07, 6.45) is -2.53. The first kappa shape index (κ1) is 21.5. The fourth-order valence-electron chi connectivity index (χ4n) is 3.49. The predicted molar refractivity (Wildman–Crippen MR) is 105 cm³/mol. The van der Waals surface area contributed by atoms with Crippen molar-refractivity contribution < 1.29 is 27.4 Å². The van der Waals surface area contributed by atoms with Crippen molar-refractivity contribution in [1.29, 1.82) is 0 Å². The van der Waals surface area contributed by atoms with Crippen LogP contribution in [0.15, 0.2) is 36.4 Å². The lowest BCUT2D eigenvalue weighted by molar-refractivity contribution is -0.155. The lowest BCUT2D eigenvalue weighted by atomic mass is 9.64. The van der Waals surface area contributed by atoms with Gasteiger partial charge in [-0.2, -0.15) is 13.2 Å². The van der Waals surface area contributed by atoms with E-state index in [-0.39, 0.29) is 23.3 Å². The van der Waals surface area contributed by atoms with Crippen molar-refractivity contribution in [3.05, 3.63) is 52.5 Å². The summed E-state index contributed by atoms with van der Waals surface area (Å²) in [5.74, 6) is -0.460. The highest BCUT2D eigenvalue weighted by Gasteiger charge is 2.47. The van der Waals surface area contributed by atoms with Gasteiger partial charge in [0.2, 0.25) is 0 Å². The minimum Gasteiger partial charge on any atom is -0.483 e. The number of carbonyl (C=O) groups excluding carboxylic acids is 1. The standard InChI is InChI=1S/C22H22ClF3O3/c1-3-28-20(27)21(9-4-10-21)16-11-17(15-7-5-14(2)6-8-15)19(23)18(12-16)29-13-22(24,25)26/h5-8,11-12H,3-4,9-10,13H2,1-2H3. The van der Waals surface area contributed by atoms with Crippen molar-refractivity contribution in [2.75, 3.05) is 13.2 Å². The smallest absolute Gasteiger partial charge is 0.422 e. The average Bonchev–Trinajstić information content (AvgIpc) is 2.61. The quantitative estimate of drug-likeness (QED) is 0.513. The van der Waals surface area contributed by atoms with Crippen LogP contribution < -0.4 is 4.74 Å². The van der Waals surface area contributed by atoms with E-state index in [0.717, 1.165) is 17.5 Å². The highest BCUT2D eigenvalue weighted by molar-refractivity contribution is 6.34. The van der Waals surface area contributed by atoms with Crippen LogP contribution in [0.3, 0.4) is 0 Å². The van der Waals surface area contributed by atoms with E-state index in [1.165, 1.54) is 6.07 Å². The third-order valence-electron chi connectivity index (χ3n) is 5.22. The molecule has 1 fully saturated rings. The molecule has 2 aromatic carbocycles. The van der Waals surface area contributed by atoms with Crippen molar-refractivity contribution in [2.24, 2.45) is 0 Å². The second-order valence-corrected chi connectivity index (χ2v) is 7.64. The second kappa shape index (κ2) is 8.27. The summed E-state index contributed by atoms with van der Waals surface area (Å²) in [5.41, 5.74) is 1.99. The fourth-order valence-corrected chi connectivity index (χ4v) is 3.76. The first-order valence-corrected chi connectivity index (χ1v) is 9.82. The predicted octanol–water partition coefficient (Wildman–Crippen LogP) is 6.24. The SMILES string of the molecule is CCOC(=O)C1(c2cc(OCC(F)(F)F)c(Cl)c(-c3ccc(C)cc3)c2)CCC1. The Labute approximate surface area is 172 Å². The molecule has 0 aliphatic heterocycles. The van der Waals surface area contributed by atoms with Gasteiger partial charge in [-0.25, -0.2) is 0 Å². The molecule has 3 rings (SSSR count). The Balaban J connectivity index is 2.11. The molecule has 2 aromatic rings. The molecule has 0 heterocycles. The Morgan fingerprint density at radius 3 is 2.34 bits per heavy atom. The maximum Gasteiger partial charge on any atom is 0.422 e. The number of rotatable bonds is 6. The molecule has 1 aliphatic carbocycles. The summed E-state index contributed by atoms with van der Waals surface area (Å²) < 4.78 is 48.5. The highest BCUT2D eigenvalue weighted by atomic mass is 35.5. The van der Waals surface area contributed by atoms with Gasteiger partial charge in [0.05, 0.1) is 17.0 Å². The molecule has 0 atom stereocenters. The maximum absolute atomic E-state index is 12.7. The zero-order chi connectivity index (χ0) is 21.2. The molecule has 156 valence electrons. The molecule has 0 radical (unpaired) electrons. The van der Waals surface area contributed by atoms with Gasteiger partial charge in [0, 0.05) is 5.56 Å². The minimum absolute atomic E-state index is 0.0835. The van der Waals surface area contributed by atoms with Gasteiger partial charge in [-0.05, 0) is 49.9 Å². The fraction of sp³-hybridized carbons (Fsp3) is 0.409. The van der Waals surface area contributed by atoms with Gasteiger partial charge in [-0.3, -0.25) is 4.79 Å². The van der Waals surface area contributed by atoms with E-state index in [4.69, 9.17) is 21.1 Å². The van der Waals surface area contributed by atoms with Crippen molar-refractivity contribution in [2.45, 2.75) is 44.7 Å². The van der Waals surface area contributed by atoms with Crippen LogP contribution in [-0.4, -0.2) is 25.4 Å². The highest BCUT2D eigenvalue weighted by Crippen LogP contribution is 2.49. The average molecular weight is 427 g/mol. The van der Waals surface area contributed by atoms with Crippen LogP contribution >= 0.6 is 11.6 Å². The molecule has 0 saturated heterocycles. The zero-order valence-electron chi connectivity index (χ0n) is 16.2. The van der Waals surface area contributed by atoms with Gasteiger partial charge >= 0.3 is 12.1 Å². The Kier molecular flexibility index (Phi) is 6.13. The third kappa shape index (κ3) is 4.53. The molecule has 29 heavy (non-hydrogen) atoms. The molecule has 7 heteroatoms. The van der Waals surface area contributed by atoms with Crippen LogP contribution in [-0.2, 0) is 14.9 Å². The molecular formula is C22H22ClF3O3. The first-order valence-electron chi connectivity index (χ1n) is 9.44. The molecule has 1 saturated carbocycles. The summed E-state index contributed by atoms with van der Waals surface area (Å²) in [7, 11) is 0. The van der Waals surface area contributed by atoms with Crippen LogP contribution in [0, 0.1) is 6.92 Å². The summed E-state index contributed by atoms with van der Waals surface area (Å²) in [6.45, 7) is 2.43. The van der Waals surface area contributed by atoms with Crippen LogP contribution in [0.5, 0.6) is 5.75 Å². The number of alkyl halides is 3. The van der Waals surface area contributed by atoms with Gasteiger partial charge < -0.3 is 9.47 Å². The molecule has 0 N–H and O–H groups in total. The first-order chi connectivity index (χ1) is 13.7. The number of esters is 1. The zero-order valence-corrected chi connectivity index (χ0v) is 17.0. The molecule has 3 nitrogen and oxygen atoms in total. The summed E-state index contributed by atoms with van der Waals surface area (Å²) in [4.78, 5) is 12.7.